The van der Waals surface area contributed by atoms with E-state index in [2.05, 4.69) is 10.6 Å². The van der Waals surface area contributed by atoms with Gasteiger partial charge in [-0.25, -0.2) is 0 Å². The van der Waals surface area contributed by atoms with Gasteiger partial charge in [0.25, 0.3) is 5.91 Å². The molecule has 134 valence electrons. The zero-order valence-corrected chi connectivity index (χ0v) is 14.7. The van der Waals surface area contributed by atoms with Crippen LogP contribution in [0.2, 0.25) is 0 Å². The predicted octanol–water partition coefficient (Wildman–Crippen LogP) is 1.48. The van der Waals surface area contributed by atoms with E-state index in [0.717, 1.165) is 19.3 Å². The van der Waals surface area contributed by atoms with Gasteiger partial charge in [0.2, 0.25) is 5.91 Å². The molecule has 0 aromatic heterocycles. The Bertz CT molecular complexity index is 554. The normalized spacial score (nSPS) is 19.2. The number of carbonyl (C=O) groups excluding carboxylic acids is 2. The smallest absolute Gasteiger partial charge is 0.251 e. The first-order valence-electron chi connectivity index (χ1n) is 8.04. The number of amides is 2. The second kappa shape index (κ2) is 10.2. The maximum absolute atomic E-state index is 12.0. The molecule has 24 heavy (non-hydrogen) atoms. The van der Waals surface area contributed by atoms with Crippen LogP contribution in [0.5, 0.6) is 5.75 Å². The number of nitrogens with two attached hydrogens (primary N) is 1. The van der Waals surface area contributed by atoms with Crippen molar-refractivity contribution in [1.29, 1.82) is 0 Å². The Morgan fingerprint density at radius 1 is 1.25 bits per heavy atom. The number of carbonyl (C=O) groups is 2. The number of hydrogen-bond donors (Lipinski definition) is 3. The lowest BCUT2D eigenvalue weighted by molar-refractivity contribution is -0.122. The zero-order valence-electron chi connectivity index (χ0n) is 13.9. The third-order valence-electron chi connectivity index (χ3n) is 4.23. The van der Waals surface area contributed by atoms with Crippen molar-refractivity contribution in [2.24, 2.45) is 11.7 Å². The van der Waals surface area contributed by atoms with Crippen molar-refractivity contribution in [3.05, 3.63) is 29.8 Å². The zero-order chi connectivity index (χ0) is 16.7. The molecule has 6 nitrogen and oxygen atoms in total. The van der Waals surface area contributed by atoms with Crippen LogP contribution in [0.3, 0.4) is 0 Å². The number of benzene rings is 1. The molecule has 7 heteroatoms. The molecule has 0 bridgehead atoms. The number of hydrogen-bond acceptors (Lipinski definition) is 4. The summed E-state index contributed by atoms with van der Waals surface area (Å²) in [5, 5.41) is 5.60. The van der Waals surface area contributed by atoms with Gasteiger partial charge in [0.05, 0.1) is 7.11 Å². The van der Waals surface area contributed by atoms with E-state index in [-0.39, 0.29) is 30.3 Å². The molecule has 0 saturated heterocycles. The predicted molar refractivity (Wildman–Crippen MR) is 95.5 cm³/mol. The second-order valence-corrected chi connectivity index (χ2v) is 5.90. The molecule has 0 heterocycles. The van der Waals surface area contributed by atoms with Gasteiger partial charge in [-0.1, -0.05) is 12.5 Å². The van der Waals surface area contributed by atoms with E-state index in [4.69, 9.17) is 10.5 Å². The lowest BCUT2D eigenvalue weighted by Crippen LogP contribution is -2.36. The number of halogens is 1. The SMILES string of the molecule is COc1cccc(C(=O)NCCNC(=O)C[C@@H]2CCC[C@H]2N)c1.Cl. The van der Waals surface area contributed by atoms with Crippen LogP contribution in [-0.2, 0) is 4.79 Å². The summed E-state index contributed by atoms with van der Waals surface area (Å²) in [6.45, 7) is 0.801. The van der Waals surface area contributed by atoms with Gasteiger partial charge >= 0.3 is 0 Å². The molecule has 0 unspecified atom stereocenters. The summed E-state index contributed by atoms with van der Waals surface area (Å²) >= 11 is 0. The largest absolute Gasteiger partial charge is 0.497 e. The first-order chi connectivity index (χ1) is 11.1. The van der Waals surface area contributed by atoms with Crippen LogP contribution in [-0.4, -0.2) is 38.1 Å². The summed E-state index contributed by atoms with van der Waals surface area (Å²) in [6.07, 6.45) is 3.62. The van der Waals surface area contributed by atoms with Crippen molar-refractivity contribution in [3.63, 3.8) is 0 Å². The highest BCUT2D eigenvalue weighted by atomic mass is 35.5. The van der Waals surface area contributed by atoms with E-state index in [9.17, 15) is 9.59 Å². The van der Waals surface area contributed by atoms with Crippen molar-refractivity contribution in [2.75, 3.05) is 20.2 Å². The Morgan fingerprint density at radius 3 is 2.67 bits per heavy atom. The van der Waals surface area contributed by atoms with Crippen LogP contribution in [0.1, 0.15) is 36.0 Å². The highest BCUT2D eigenvalue weighted by molar-refractivity contribution is 5.94. The average Bonchev–Trinajstić information content (AvgIpc) is 2.96. The summed E-state index contributed by atoms with van der Waals surface area (Å²) in [5.74, 6) is 0.749. The number of methoxy groups -OCH3 is 1. The van der Waals surface area contributed by atoms with E-state index < -0.39 is 0 Å². The van der Waals surface area contributed by atoms with E-state index in [1.54, 1.807) is 31.4 Å². The minimum absolute atomic E-state index is 0. The van der Waals surface area contributed by atoms with Crippen molar-refractivity contribution in [3.8, 4) is 5.75 Å². The van der Waals surface area contributed by atoms with Gasteiger partial charge in [0, 0.05) is 31.1 Å². The molecule has 0 spiro atoms. The van der Waals surface area contributed by atoms with Crippen LogP contribution >= 0.6 is 12.4 Å². The molecule has 1 fully saturated rings. The fourth-order valence-corrected chi connectivity index (χ4v) is 2.87. The summed E-state index contributed by atoms with van der Waals surface area (Å²) in [7, 11) is 1.56. The molecule has 1 aromatic rings. The lowest BCUT2D eigenvalue weighted by atomic mass is 10.00. The van der Waals surface area contributed by atoms with E-state index >= 15 is 0 Å². The Morgan fingerprint density at radius 2 is 2.00 bits per heavy atom. The van der Waals surface area contributed by atoms with Crippen molar-refractivity contribution >= 4 is 24.2 Å². The minimum Gasteiger partial charge on any atom is -0.497 e. The van der Waals surface area contributed by atoms with E-state index in [1.807, 2.05) is 0 Å². The Labute approximate surface area is 148 Å². The number of nitrogens with one attached hydrogen (secondary N) is 2. The van der Waals surface area contributed by atoms with Gasteiger partial charge in [-0.15, -0.1) is 12.4 Å². The van der Waals surface area contributed by atoms with E-state index in [1.165, 1.54) is 0 Å². The van der Waals surface area contributed by atoms with Crippen LogP contribution < -0.4 is 21.1 Å². The Balaban J connectivity index is 0.00000288. The molecule has 2 amide bonds. The third-order valence-corrected chi connectivity index (χ3v) is 4.23. The standard InChI is InChI=1S/C17H25N3O3.ClH/c1-23-14-6-2-5-13(10-14)17(22)20-9-8-19-16(21)11-12-4-3-7-15(12)18;/h2,5-6,10,12,15H,3-4,7-9,11,18H2,1H3,(H,19,21)(H,20,22);1H/t12-,15+;/m0./s1. The average molecular weight is 356 g/mol. The molecule has 0 aliphatic heterocycles. The van der Waals surface area contributed by atoms with Gasteiger partial charge in [-0.3, -0.25) is 9.59 Å². The summed E-state index contributed by atoms with van der Waals surface area (Å²) in [4.78, 5) is 23.8. The highest BCUT2D eigenvalue weighted by Crippen LogP contribution is 2.26. The molecular weight excluding hydrogens is 330 g/mol. The molecule has 1 aliphatic rings. The highest BCUT2D eigenvalue weighted by Gasteiger charge is 2.25. The number of ether oxygens (including phenoxy) is 1. The molecule has 0 radical (unpaired) electrons. The quantitative estimate of drug-likeness (QED) is 0.646. The van der Waals surface area contributed by atoms with Gasteiger partial charge in [-0.2, -0.15) is 0 Å². The van der Waals surface area contributed by atoms with Gasteiger partial charge in [-0.05, 0) is 37.0 Å². The van der Waals surface area contributed by atoms with Crippen LogP contribution in [0.15, 0.2) is 24.3 Å². The van der Waals surface area contributed by atoms with Crippen molar-refractivity contribution < 1.29 is 14.3 Å². The second-order valence-electron chi connectivity index (χ2n) is 5.90. The summed E-state index contributed by atoms with van der Waals surface area (Å²) < 4.78 is 5.09. The first-order valence-corrected chi connectivity index (χ1v) is 8.04. The van der Waals surface area contributed by atoms with Crippen molar-refractivity contribution in [1.82, 2.24) is 10.6 Å². The topological polar surface area (TPSA) is 93.5 Å². The fraction of sp³-hybridized carbons (Fsp3) is 0.529. The molecule has 2 rings (SSSR count). The minimum atomic E-state index is -0.184. The van der Waals surface area contributed by atoms with Gasteiger partial charge < -0.3 is 21.1 Å². The first kappa shape index (κ1) is 20.3. The lowest BCUT2D eigenvalue weighted by Gasteiger charge is -2.14. The monoisotopic (exact) mass is 355 g/mol. The molecule has 4 N–H and O–H groups in total. The summed E-state index contributed by atoms with van der Waals surface area (Å²) in [5.41, 5.74) is 6.50. The molecule has 1 aliphatic carbocycles. The molecule has 1 aromatic carbocycles. The fourth-order valence-electron chi connectivity index (χ4n) is 2.87. The van der Waals surface area contributed by atoms with Crippen LogP contribution in [0, 0.1) is 5.92 Å². The van der Waals surface area contributed by atoms with E-state index in [0.29, 0.717) is 36.7 Å². The summed E-state index contributed by atoms with van der Waals surface area (Å²) in [6, 6.07) is 7.09. The van der Waals surface area contributed by atoms with Crippen LogP contribution in [0.25, 0.3) is 0 Å². The Hall–Kier alpha value is -1.79. The molecular formula is C17H26ClN3O3. The maximum atomic E-state index is 12.0. The van der Waals surface area contributed by atoms with Crippen molar-refractivity contribution in [2.45, 2.75) is 31.7 Å². The van der Waals surface area contributed by atoms with Gasteiger partial charge in [0.1, 0.15) is 5.75 Å². The maximum Gasteiger partial charge on any atom is 0.251 e. The molecule has 2 atom stereocenters. The number of rotatable bonds is 7. The third kappa shape index (κ3) is 6.02. The van der Waals surface area contributed by atoms with Crippen LogP contribution in [0.4, 0.5) is 0 Å². The molecule has 1 saturated carbocycles. The Kier molecular flexibility index (Phi) is 8.57. The van der Waals surface area contributed by atoms with Gasteiger partial charge in [0.15, 0.2) is 0 Å².